The van der Waals surface area contributed by atoms with Crippen LogP contribution in [0.3, 0.4) is 0 Å². The Labute approximate surface area is 190 Å². The van der Waals surface area contributed by atoms with Gasteiger partial charge in [0.25, 0.3) is 11.8 Å². The summed E-state index contributed by atoms with van der Waals surface area (Å²) in [7, 11) is 0. The number of carbonyl (C=O) groups is 3. The van der Waals surface area contributed by atoms with Gasteiger partial charge < -0.3 is 14.2 Å². The molecule has 10 heteroatoms. The van der Waals surface area contributed by atoms with Crippen molar-refractivity contribution in [3.05, 3.63) is 56.5 Å². The van der Waals surface area contributed by atoms with E-state index in [1.807, 2.05) is 13.0 Å². The number of esters is 1. The van der Waals surface area contributed by atoms with Crippen LogP contribution in [0.2, 0.25) is 0 Å². The molecule has 0 aliphatic carbocycles. The first-order chi connectivity index (χ1) is 14.3. The summed E-state index contributed by atoms with van der Waals surface area (Å²) in [5.74, 6) is -0.593. The van der Waals surface area contributed by atoms with Gasteiger partial charge in [-0.1, -0.05) is 15.9 Å². The van der Waals surface area contributed by atoms with Gasteiger partial charge in [0.2, 0.25) is 0 Å². The molecule has 2 aromatic carbocycles. The number of hydrogen-bond donors (Lipinski definition) is 2. The molecule has 2 aromatic rings. The first-order valence-corrected chi connectivity index (χ1v) is 10.4. The Balaban J connectivity index is 1.73. The summed E-state index contributed by atoms with van der Waals surface area (Å²) in [6.45, 7) is 3.25. The third-order valence-electron chi connectivity index (χ3n) is 3.62. The summed E-state index contributed by atoms with van der Waals surface area (Å²) in [5.41, 5.74) is 5.71. The zero-order chi connectivity index (χ0) is 22.1. The molecule has 0 saturated heterocycles. The number of hydrazine groups is 1. The summed E-state index contributed by atoms with van der Waals surface area (Å²) in [6, 6.07) is 9.82. The first-order valence-electron chi connectivity index (χ1n) is 8.86. The molecule has 0 spiro atoms. The summed E-state index contributed by atoms with van der Waals surface area (Å²) in [5, 5.41) is 0. The van der Waals surface area contributed by atoms with E-state index >= 15 is 0 Å². The molecule has 0 unspecified atom stereocenters. The maximum Gasteiger partial charge on any atom is 0.338 e. The molecule has 2 amide bonds. The minimum absolute atomic E-state index is 0.280. The lowest BCUT2D eigenvalue weighted by atomic mass is 10.2. The van der Waals surface area contributed by atoms with Crippen molar-refractivity contribution >= 4 is 49.6 Å². The van der Waals surface area contributed by atoms with Gasteiger partial charge in [-0.2, -0.15) is 0 Å². The molecule has 0 aromatic heterocycles. The van der Waals surface area contributed by atoms with E-state index in [1.54, 1.807) is 25.1 Å². The topological polar surface area (TPSA) is 103 Å². The van der Waals surface area contributed by atoms with Crippen molar-refractivity contribution in [2.75, 3.05) is 19.8 Å². The lowest BCUT2D eigenvalue weighted by Gasteiger charge is -2.12. The van der Waals surface area contributed by atoms with Gasteiger partial charge in [-0.3, -0.25) is 20.4 Å². The molecule has 0 saturated carbocycles. The predicted molar refractivity (Wildman–Crippen MR) is 116 cm³/mol. The number of ether oxygens (including phenoxy) is 3. The molecule has 0 bridgehead atoms. The first kappa shape index (κ1) is 23.7. The SMILES string of the molecule is CCOC(=O)c1ccc(OCC(=O)NNC(=O)COc2c(C)cc(Br)cc2Br)cc1. The number of amides is 2. The van der Waals surface area contributed by atoms with Crippen LogP contribution in [0, 0.1) is 6.92 Å². The monoisotopic (exact) mass is 542 g/mol. The highest BCUT2D eigenvalue weighted by atomic mass is 79.9. The average Bonchev–Trinajstić information content (AvgIpc) is 2.70. The van der Waals surface area contributed by atoms with Gasteiger partial charge in [0.05, 0.1) is 16.6 Å². The highest BCUT2D eigenvalue weighted by Crippen LogP contribution is 2.32. The quantitative estimate of drug-likeness (QED) is 0.391. The summed E-state index contributed by atoms with van der Waals surface area (Å²) in [6.07, 6.45) is 0. The van der Waals surface area contributed by atoms with Crippen molar-refractivity contribution in [2.24, 2.45) is 0 Å². The van der Waals surface area contributed by atoms with Gasteiger partial charge in [-0.05, 0) is 71.7 Å². The van der Waals surface area contributed by atoms with Crippen molar-refractivity contribution in [3.8, 4) is 11.5 Å². The predicted octanol–water partition coefficient (Wildman–Crippen LogP) is 3.30. The molecule has 8 nitrogen and oxygen atoms in total. The van der Waals surface area contributed by atoms with Crippen LogP contribution in [-0.4, -0.2) is 37.6 Å². The molecule has 0 fully saturated rings. The van der Waals surface area contributed by atoms with Crippen molar-refractivity contribution < 1.29 is 28.6 Å². The van der Waals surface area contributed by atoms with E-state index in [4.69, 9.17) is 14.2 Å². The Hall–Kier alpha value is -2.59. The summed E-state index contributed by atoms with van der Waals surface area (Å²) >= 11 is 6.75. The van der Waals surface area contributed by atoms with Gasteiger partial charge >= 0.3 is 5.97 Å². The van der Waals surface area contributed by atoms with Gasteiger partial charge in [-0.15, -0.1) is 0 Å². The van der Waals surface area contributed by atoms with Crippen LogP contribution in [0.1, 0.15) is 22.8 Å². The molecule has 0 radical (unpaired) electrons. The van der Waals surface area contributed by atoms with E-state index in [1.165, 1.54) is 12.1 Å². The van der Waals surface area contributed by atoms with Crippen LogP contribution < -0.4 is 20.3 Å². The van der Waals surface area contributed by atoms with Crippen LogP contribution >= 0.6 is 31.9 Å². The van der Waals surface area contributed by atoms with Gasteiger partial charge in [0, 0.05) is 4.47 Å². The lowest BCUT2D eigenvalue weighted by molar-refractivity contribution is -0.131. The highest BCUT2D eigenvalue weighted by Gasteiger charge is 2.11. The second kappa shape index (κ2) is 11.6. The molecule has 0 aliphatic heterocycles. The number of nitrogens with one attached hydrogen (secondary N) is 2. The molecule has 30 heavy (non-hydrogen) atoms. The molecule has 0 atom stereocenters. The fourth-order valence-electron chi connectivity index (χ4n) is 2.27. The Morgan fingerprint density at radius 3 is 2.10 bits per heavy atom. The molecular weight excluding hydrogens is 524 g/mol. The Morgan fingerprint density at radius 1 is 0.933 bits per heavy atom. The number of carbonyl (C=O) groups excluding carboxylic acids is 3. The van der Waals surface area contributed by atoms with Gasteiger partial charge in [0.15, 0.2) is 13.2 Å². The summed E-state index contributed by atoms with van der Waals surface area (Å²) in [4.78, 5) is 35.3. The zero-order valence-electron chi connectivity index (χ0n) is 16.3. The van der Waals surface area contributed by atoms with Gasteiger partial charge in [0.1, 0.15) is 11.5 Å². The number of rotatable bonds is 8. The average molecular weight is 544 g/mol. The lowest BCUT2D eigenvalue weighted by Crippen LogP contribution is -2.45. The second-order valence-electron chi connectivity index (χ2n) is 5.95. The maximum absolute atomic E-state index is 11.9. The van der Waals surface area contributed by atoms with E-state index in [9.17, 15) is 14.4 Å². The minimum atomic E-state index is -0.557. The standard InChI is InChI=1S/C20H20Br2N2O6/c1-3-28-20(27)13-4-6-15(7-5-13)29-10-17(25)23-24-18(26)11-30-19-12(2)8-14(21)9-16(19)22/h4-9H,3,10-11H2,1-2H3,(H,23,25)(H,24,26). The zero-order valence-corrected chi connectivity index (χ0v) is 19.5. The number of halogens is 2. The molecule has 0 heterocycles. The maximum atomic E-state index is 11.9. The third kappa shape index (κ3) is 7.34. The fourth-order valence-corrected chi connectivity index (χ4v) is 3.82. The molecule has 2 N–H and O–H groups in total. The summed E-state index contributed by atoms with van der Waals surface area (Å²) < 4.78 is 17.3. The molecule has 160 valence electrons. The van der Waals surface area contributed by atoms with Crippen molar-refractivity contribution in [1.82, 2.24) is 10.9 Å². The number of aryl methyl sites for hydroxylation is 1. The van der Waals surface area contributed by atoms with Crippen LogP contribution in [0.25, 0.3) is 0 Å². The Kier molecular flexibility index (Phi) is 9.13. The minimum Gasteiger partial charge on any atom is -0.484 e. The highest BCUT2D eigenvalue weighted by molar-refractivity contribution is 9.11. The largest absolute Gasteiger partial charge is 0.484 e. The van der Waals surface area contributed by atoms with Crippen LogP contribution in [0.4, 0.5) is 0 Å². The van der Waals surface area contributed by atoms with E-state index in [-0.39, 0.29) is 19.8 Å². The van der Waals surface area contributed by atoms with E-state index in [0.29, 0.717) is 21.5 Å². The molecule has 0 aliphatic rings. The van der Waals surface area contributed by atoms with Crippen molar-refractivity contribution in [3.63, 3.8) is 0 Å². The van der Waals surface area contributed by atoms with Crippen molar-refractivity contribution in [2.45, 2.75) is 13.8 Å². The second-order valence-corrected chi connectivity index (χ2v) is 7.72. The normalized spacial score (nSPS) is 10.1. The van der Waals surface area contributed by atoms with Gasteiger partial charge in [-0.25, -0.2) is 4.79 Å². The van der Waals surface area contributed by atoms with E-state index in [2.05, 4.69) is 42.7 Å². The van der Waals surface area contributed by atoms with E-state index in [0.717, 1.165) is 10.0 Å². The third-order valence-corrected chi connectivity index (χ3v) is 4.67. The smallest absolute Gasteiger partial charge is 0.338 e. The Morgan fingerprint density at radius 2 is 1.53 bits per heavy atom. The molecular formula is C20H20Br2N2O6. The number of hydrogen-bond acceptors (Lipinski definition) is 6. The fraction of sp³-hybridized carbons (Fsp3) is 0.250. The van der Waals surface area contributed by atoms with Crippen LogP contribution in [0.15, 0.2) is 45.3 Å². The number of benzene rings is 2. The van der Waals surface area contributed by atoms with E-state index < -0.39 is 17.8 Å². The van der Waals surface area contributed by atoms with Crippen LogP contribution in [0.5, 0.6) is 11.5 Å². The molecule has 2 rings (SSSR count). The van der Waals surface area contributed by atoms with Crippen molar-refractivity contribution in [1.29, 1.82) is 0 Å². The Bertz CT molecular complexity index is 895. The van der Waals surface area contributed by atoms with Crippen LogP contribution in [-0.2, 0) is 14.3 Å².